The highest BCUT2D eigenvalue weighted by atomic mass is 19.2. The normalized spacial score (nSPS) is 10.0. The number of esters is 1. The number of halogens is 6. The standard InChI is InChI=1S/C10H9F3O3.C8H5F3O3/c1-3-16-10(14)5-4-6(11)8(13)9(15-2)7(5)12;1-14-7-5(10)3(8(12)13)2-4(9)6(7)11/h4H,3H2,1-2H3;2H,1H3,(H,12,13). The molecule has 0 saturated carbocycles. The van der Waals surface area contributed by atoms with Gasteiger partial charge in [0.2, 0.25) is 11.6 Å². The van der Waals surface area contributed by atoms with Gasteiger partial charge >= 0.3 is 11.9 Å². The zero-order chi connectivity index (χ0) is 23.2. The number of ether oxygens (including phenoxy) is 3. The van der Waals surface area contributed by atoms with Crippen molar-refractivity contribution < 1.29 is 55.2 Å². The number of carbonyl (C=O) groups excluding carboxylic acids is 1. The quantitative estimate of drug-likeness (QED) is 0.428. The fourth-order valence-corrected chi connectivity index (χ4v) is 2.03. The van der Waals surface area contributed by atoms with E-state index in [1.807, 2.05) is 0 Å². The van der Waals surface area contributed by atoms with Gasteiger partial charge in [0.25, 0.3) is 0 Å². The van der Waals surface area contributed by atoms with Crippen molar-refractivity contribution >= 4 is 11.9 Å². The summed E-state index contributed by atoms with van der Waals surface area (Å²) < 4.78 is 90.9. The van der Waals surface area contributed by atoms with Crippen LogP contribution in [0.4, 0.5) is 26.3 Å². The number of methoxy groups -OCH3 is 2. The molecule has 0 aliphatic carbocycles. The van der Waals surface area contributed by atoms with Crippen LogP contribution in [0.5, 0.6) is 11.5 Å². The summed E-state index contributed by atoms with van der Waals surface area (Å²) in [5.41, 5.74) is -1.67. The summed E-state index contributed by atoms with van der Waals surface area (Å²) in [4.78, 5) is 21.6. The fourth-order valence-electron chi connectivity index (χ4n) is 2.03. The number of carboxylic acid groups (broad SMARTS) is 1. The first-order chi connectivity index (χ1) is 14.0. The van der Waals surface area contributed by atoms with Crippen molar-refractivity contribution in [3.05, 3.63) is 58.2 Å². The second-order valence-corrected chi connectivity index (χ2v) is 5.16. The molecule has 0 aromatic heterocycles. The van der Waals surface area contributed by atoms with Crippen molar-refractivity contribution in [1.29, 1.82) is 0 Å². The number of benzene rings is 2. The maximum Gasteiger partial charge on any atom is 0.341 e. The summed E-state index contributed by atoms with van der Waals surface area (Å²) >= 11 is 0. The Morgan fingerprint density at radius 3 is 1.57 bits per heavy atom. The van der Waals surface area contributed by atoms with Crippen LogP contribution in [0.1, 0.15) is 27.6 Å². The molecule has 1 N–H and O–H groups in total. The van der Waals surface area contributed by atoms with Gasteiger partial charge in [-0.15, -0.1) is 0 Å². The van der Waals surface area contributed by atoms with Crippen LogP contribution in [-0.2, 0) is 4.74 Å². The highest BCUT2D eigenvalue weighted by Gasteiger charge is 2.24. The number of carboxylic acids is 1. The minimum Gasteiger partial charge on any atom is -0.491 e. The number of rotatable bonds is 5. The predicted octanol–water partition coefficient (Wildman–Crippen LogP) is 4.10. The van der Waals surface area contributed by atoms with Gasteiger partial charge < -0.3 is 19.3 Å². The minimum absolute atomic E-state index is 0.000412. The van der Waals surface area contributed by atoms with Crippen LogP contribution >= 0.6 is 0 Å². The molecule has 0 unspecified atom stereocenters. The molecule has 0 aliphatic heterocycles. The lowest BCUT2D eigenvalue weighted by Gasteiger charge is -2.08. The Kier molecular flexibility index (Phi) is 8.50. The molecule has 0 spiro atoms. The Morgan fingerprint density at radius 2 is 1.20 bits per heavy atom. The molecule has 6 nitrogen and oxygen atoms in total. The highest BCUT2D eigenvalue weighted by molar-refractivity contribution is 5.90. The number of hydrogen-bond acceptors (Lipinski definition) is 5. The molecule has 0 aliphatic rings. The third-order valence-electron chi connectivity index (χ3n) is 3.37. The van der Waals surface area contributed by atoms with E-state index in [1.165, 1.54) is 6.92 Å². The van der Waals surface area contributed by atoms with E-state index in [0.717, 1.165) is 14.2 Å². The number of hydrogen-bond donors (Lipinski definition) is 1. The molecule has 0 heterocycles. The molecule has 2 rings (SSSR count). The first-order valence-corrected chi connectivity index (χ1v) is 7.85. The topological polar surface area (TPSA) is 82.1 Å². The minimum atomic E-state index is -1.69. The summed E-state index contributed by atoms with van der Waals surface area (Å²) in [5.74, 6) is -13.3. The smallest absolute Gasteiger partial charge is 0.341 e. The number of carbonyl (C=O) groups is 2. The van der Waals surface area contributed by atoms with Gasteiger partial charge in [0.15, 0.2) is 34.8 Å². The van der Waals surface area contributed by atoms with Crippen molar-refractivity contribution in [3.63, 3.8) is 0 Å². The van der Waals surface area contributed by atoms with Crippen LogP contribution in [0.3, 0.4) is 0 Å². The maximum absolute atomic E-state index is 13.5. The molecule has 12 heteroatoms. The first kappa shape index (κ1) is 24.6. The van der Waals surface area contributed by atoms with E-state index < -0.39 is 69.5 Å². The lowest BCUT2D eigenvalue weighted by Crippen LogP contribution is -2.10. The zero-order valence-electron chi connectivity index (χ0n) is 15.6. The highest BCUT2D eigenvalue weighted by Crippen LogP contribution is 2.28. The molecule has 0 fully saturated rings. The largest absolute Gasteiger partial charge is 0.491 e. The molecule has 2 aromatic rings. The van der Waals surface area contributed by atoms with Gasteiger partial charge in [-0.2, -0.15) is 8.78 Å². The van der Waals surface area contributed by atoms with E-state index in [2.05, 4.69) is 14.2 Å². The van der Waals surface area contributed by atoms with Gasteiger partial charge in [-0.3, -0.25) is 0 Å². The van der Waals surface area contributed by atoms with Crippen LogP contribution in [-0.4, -0.2) is 37.9 Å². The van der Waals surface area contributed by atoms with Crippen LogP contribution in [0.25, 0.3) is 0 Å². The Hall–Kier alpha value is -3.44. The van der Waals surface area contributed by atoms with E-state index >= 15 is 0 Å². The average molecular weight is 440 g/mol. The van der Waals surface area contributed by atoms with Crippen molar-refractivity contribution in [3.8, 4) is 11.5 Å². The summed E-state index contributed by atoms with van der Waals surface area (Å²) in [6.07, 6.45) is 0. The van der Waals surface area contributed by atoms with E-state index in [1.54, 1.807) is 0 Å². The van der Waals surface area contributed by atoms with Crippen LogP contribution in [0, 0.1) is 34.9 Å². The zero-order valence-corrected chi connectivity index (χ0v) is 15.6. The third kappa shape index (κ3) is 5.13. The lowest BCUT2D eigenvalue weighted by atomic mass is 10.2. The fraction of sp³-hybridized carbons (Fsp3) is 0.222. The van der Waals surface area contributed by atoms with Crippen molar-refractivity contribution in [1.82, 2.24) is 0 Å². The molecular formula is C18H14F6O6. The SMILES string of the molecule is CCOC(=O)c1cc(F)c(F)c(OC)c1F.COc1c(F)c(F)cc(C(=O)O)c1F. The molecule has 30 heavy (non-hydrogen) atoms. The van der Waals surface area contributed by atoms with Crippen LogP contribution in [0.15, 0.2) is 12.1 Å². The van der Waals surface area contributed by atoms with Crippen LogP contribution in [0.2, 0.25) is 0 Å². The second-order valence-electron chi connectivity index (χ2n) is 5.16. The second kappa shape index (κ2) is 10.4. The van der Waals surface area contributed by atoms with E-state index in [9.17, 15) is 35.9 Å². The Morgan fingerprint density at radius 1 is 0.800 bits per heavy atom. The van der Waals surface area contributed by atoms with Crippen LogP contribution < -0.4 is 9.47 Å². The van der Waals surface area contributed by atoms with Gasteiger partial charge in [-0.25, -0.2) is 27.2 Å². The summed E-state index contributed by atoms with van der Waals surface area (Å²) in [6, 6.07) is 0.695. The van der Waals surface area contributed by atoms with Crippen molar-refractivity contribution in [2.24, 2.45) is 0 Å². The first-order valence-electron chi connectivity index (χ1n) is 7.85. The van der Waals surface area contributed by atoms with Crippen molar-refractivity contribution in [2.45, 2.75) is 6.92 Å². The average Bonchev–Trinajstić information content (AvgIpc) is 2.69. The van der Waals surface area contributed by atoms with E-state index in [4.69, 9.17) is 5.11 Å². The predicted molar refractivity (Wildman–Crippen MR) is 88.7 cm³/mol. The molecule has 2 aromatic carbocycles. The van der Waals surface area contributed by atoms with E-state index in [-0.39, 0.29) is 12.7 Å². The van der Waals surface area contributed by atoms with Gasteiger partial charge in [0.1, 0.15) is 11.1 Å². The molecule has 0 atom stereocenters. The molecule has 0 radical (unpaired) electrons. The van der Waals surface area contributed by atoms with Crippen molar-refractivity contribution in [2.75, 3.05) is 20.8 Å². The van der Waals surface area contributed by atoms with Gasteiger partial charge in [0, 0.05) is 0 Å². The Labute approximate surface area is 165 Å². The van der Waals surface area contributed by atoms with Gasteiger partial charge in [-0.05, 0) is 19.1 Å². The van der Waals surface area contributed by atoms with Gasteiger partial charge in [0.05, 0.1) is 20.8 Å². The monoisotopic (exact) mass is 440 g/mol. The third-order valence-corrected chi connectivity index (χ3v) is 3.37. The summed E-state index contributed by atoms with van der Waals surface area (Å²) in [7, 11) is 1.88. The molecular weight excluding hydrogens is 426 g/mol. The van der Waals surface area contributed by atoms with Gasteiger partial charge in [-0.1, -0.05) is 0 Å². The molecule has 0 saturated heterocycles. The molecule has 164 valence electrons. The Bertz CT molecular complexity index is 963. The molecule has 0 amide bonds. The Balaban J connectivity index is 0.000000303. The summed E-state index contributed by atoms with van der Waals surface area (Å²) in [5, 5.41) is 8.42. The lowest BCUT2D eigenvalue weighted by molar-refractivity contribution is 0.0518. The molecule has 0 bridgehead atoms. The van der Waals surface area contributed by atoms with E-state index in [0.29, 0.717) is 6.07 Å². The number of aromatic carboxylic acids is 1. The maximum atomic E-state index is 13.5. The summed E-state index contributed by atoms with van der Waals surface area (Å²) in [6.45, 7) is 1.51.